The van der Waals surface area contributed by atoms with E-state index < -0.39 is 5.97 Å². The van der Waals surface area contributed by atoms with Crippen LogP contribution in [0.25, 0.3) is 0 Å². The third kappa shape index (κ3) is 4.87. The minimum atomic E-state index is -0.463. The molecule has 0 saturated carbocycles. The lowest BCUT2D eigenvalue weighted by Gasteiger charge is -1.96. The van der Waals surface area contributed by atoms with E-state index in [1.807, 2.05) is 18.2 Å². The van der Waals surface area contributed by atoms with Gasteiger partial charge in [-0.15, -0.1) is 0 Å². The molecule has 0 atom stereocenters. The second-order valence-corrected chi connectivity index (χ2v) is 3.13. The van der Waals surface area contributed by atoms with Crippen LogP contribution in [0.4, 0.5) is 0 Å². The normalized spacial score (nSPS) is 8.87. The summed E-state index contributed by atoms with van der Waals surface area (Å²) in [5.41, 5.74) is 1.30. The molecule has 2 heteroatoms. The van der Waals surface area contributed by atoms with Gasteiger partial charge in [-0.25, -0.2) is 4.79 Å². The van der Waals surface area contributed by atoms with Gasteiger partial charge in [0.25, 0.3) is 0 Å². The van der Waals surface area contributed by atoms with Crippen LogP contribution in [0.3, 0.4) is 0 Å². The Morgan fingerprint density at radius 3 is 2.73 bits per heavy atom. The van der Waals surface area contributed by atoms with E-state index in [4.69, 9.17) is 0 Å². The summed E-state index contributed by atoms with van der Waals surface area (Å²) in [4.78, 5) is 10.6. The fourth-order valence-electron chi connectivity index (χ4n) is 1.21. The summed E-state index contributed by atoms with van der Waals surface area (Å²) in [6.45, 7) is 0. The molecule has 0 aliphatic carbocycles. The van der Waals surface area contributed by atoms with Gasteiger partial charge in [0.2, 0.25) is 0 Å². The highest BCUT2D eigenvalue weighted by molar-refractivity contribution is 5.88. The zero-order valence-electron chi connectivity index (χ0n) is 8.82. The fraction of sp³-hybridized carbons (Fsp3) is 0.308. The van der Waals surface area contributed by atoms with Crippen molar-refractivity contribution < 1.29 is 9.53 Å². The topological polar surface area (TPSA) is 26.3 Å². The predicted octanol–water partition coefficient (Wildman–Crippen LogP) is 2.19. The molecule has 0 bridgehead atoms. The molecular formula is C13H14O2. The first-order chi connectivity index (χ1) is 7.33. The molecule has 0 amide bonds. The number of esters is 1. The smallest absolute Gasteiger partial charge is 0.384 e. The minimum Gasteiger partial charge on any atom is -0.459 e. The highest BCUT2D eigenvalue weighted by atomic mass is 16.5. The number of rotatable bonds is 3. The Hall–Kier alpha value is -1.75. The Bertz CT molecular complexity index is 357. The maximum Gasteiger partial charge on any atom is 0.384 e. The molecule has 15 heavy (non-hydrogen) atoms. The van der Waals surface area contributed by atoms with E-state index >= 15 is 0 Å². The summed E-state index contributed by atoms with van der Waals surface area (Å²) in [5.74, 6) is 4.73. The van der Waals surface area contributed by atoms with Gasteiger partial charge >= 0.3 is 5.97 Å². The van der Waals surface area contributed by atoms with Gasteiger partial charge in [0.05, 0.1) is 7.11 Å². The van der Waals surface area contributed by atoms with Crippen molar-refractivity contribution >= 4 is 5.97 Å². The number of unbranched alkanes of at least 4 members (excludes halogenated alkanes) is 1. The third-order valence-electron chi connectivity index (χ3n) is 1.99. The van der Waals surface area contributed by atoms with Gasteiger partial charge in [-0.3, -0.25) is 0 Å². The van der Waals surface area contributed by atoms with Crippen LogP contribution in [0, 0.1) is 11.8 Å². The van der Waals surface area contributed by atoms with Crippen LogP contribution in [0.1, 0.15) is 18.4 Å². The van der Waals surface area contributed by atoms with Crippen LogP contribution in [-0.2, 0) is 16.0 Å². The summed E-state index contributed by atoms with van der Waals surface area (Å²) in [7, 11) is 1.33. The molecule has 1 rings (SSSR count). The van der Waals surface area contributed by atoms with E-state index in [9.17, 15) is 4.79 Å². The SMILES string of the molecule is COC(=O)C#CCCCc1ccccc1. The lowest BCUT2D eigenvalue weighted by molar-refractivity contribution is -0.133. The Morgan fingerprint density at radius 1 is 1.33 bits per heavy atom. The average Bonchev–Trinajstić information content (AvgIpc) is 2.29. The maximum absolute atomic E-state index is 10.6. The lowest BCUT2D eigenvalue weighted by Crippen LogP contribution is -1.94. The van der Waals surface area contributed by atoms with Crippen LogP contribution in [0.5, 0.6) is 0 Å². The zero-order chi connectivity index (χ0) is 10.9. The van der Waals surface area contributed by atoms with Crippen LogP contribution < -0.4 is 0 Å². The molecule has 1 aromatic carbocycles. The van der Waals surface area contributed by atoms with E-state index in [1.165, 1.54) is 12.7 Å². The molecule has 2 nitrogen and oxygen atoms in total. The summed E-state index contributed by atoms with van der Waals surface area (Å²) in [5, 5.41) is 0. The molecule has 0 N–H and O–H groups in total. The monoisotopic (exact) mass is 202 g/mol. The van der Waals surface area contributed by atoms with Crippen molar-refractivity contribution in [3.63, 3.8) is 0 Å². The molecule has 0 fully saturated rings. The van der Waals surface area contributed by atoms with Crippen molar-refractivity contribution in [1.29, 1.82) is 0 Å². The first-order valence-electron chi connectivity index (χ1n) is 4.93. The molecule has 0 heterocycles. The van der Waals surface area contributed by atoms with E-state index in [1.54, 1.807) is 0 Å². The second-order valence-electron chi connectivity index (χ2n) is 3.13. The van der Waals surface area contributed by atoms with Gasteiger partial charge in [0.15, 0.2) is 0 Å². The van der Waals surface area contributed by atoms with E-state index in [0.717, 1.165) is 19.3 Å². The fourth-order valence-corrected chi connectivity index (χ4v) is 1.21. The summed E-state index contributed by atoms with van der Waals surface area (Å²) < 4.78 is 4.40. The number of carbonyl (C=O) groups excluding carboxylic acids is 1. The number of benzene rings is 1. The molecule has 0 aliphatic heterocycles. The van der Waals surface area contributed by atoms with Gasteiger partial charge in [-0.2, -0.15) is 0 Å². The first kappa shape index (κ1) is 11.3. The van der Waals surface area contributed by atoms with Crippen LogP contribution in [0.15, 0.2) is 30.3 Å². The molecule has 78 valence electrons. The van der Waals surface area contributed by atoms with Crippen molar-refractivity contribution in [2.24, 2.45) is 0 Å². The summed E-state index contributed by atoms with van der Waals surface area (Å²) >= 11 is 0. The number of ether oxygens (including phenoxy) is 1. The van der Waals surface area contributed by atoms with Gasteiger partial charge in [0.1, 0.15) is 0 Å². The Morgan fingerprint density at radius 2 is 2.07 bits per heavy atom. The zero-order valence-corrected chi connectivity index (χ0v) is 8.82. The average molecular weight is 202 g/mol. The van der Waals surface area contributed by atoms with E-state index in [2.05, 4.69) is 28.7 Å². The molecule has 1 aromatic rings. The summed E-state index contributed by atoms with van der Waals surface area (Å²) in [6.07, 6.45) is 2.69. The third-order valence-corrected chi connectivity index (χ3v) is 1.99. The van der Waals surface area contributed by atoms with Gasteiger partial charge in [-0.1, -0.05) is 36.3 Å². The molecule has 0 spiro atoms. The molecule has 0 saturated heterocycles. The van der Waals surface area contributed by atoms with Crippen molar-refractivity contribution in [2.45, 2.75) is 19.3 Å². The van der Waals surface area contributed by atoms with E-state index in [0.29, 0.717) is 0 Å². The van der Waals surface area contributed by atoms with Gasteiger partial charge in [0, 0.05) is 12.3 Å². The maximum atomic E-state index is 10.6. The molecular weight excluding hydrogens is 188 g/mol. The van der Waals surface area contributed by atoms with Crippen LogP contribution in [0.2, 0.25) is 0 Å². The van der Waals surface area contributed by atoms with Crippen molar-refractivity contribution in [3.05, 3.63) is 35.9 Å². The Balaban J connectivity index is 2.22. The molecule has 0 unspecified atom stereocenters. The number of methoxy groups -OCH3 is 1. The van der Waals surface area contributed by atoms with Gasteiger partial charge < -0.3 is 4.74 Å². The lowest BCUT2D eigenvalue weighted by atomic mass is 10.1. The number of hydrogen-bond donors (Lipinski definition) is 0. The highest BCUT2D eigenvalue weighted by Gasteiger charge is 1.91. The largest absolute Gasteiger partial charge is 0.459 e. The van der Waals surface area contributed by atoms with Crippen molar-refractivity contribution in [1.82, 2.24) is 0 Å². The number of aryl methyl sites for hydroxylation is 1. The molecule has 0 aliphatic rings. The summed E-state index contributed by atoms with van der Waals surface area (Å²) in [6, 6.07) is 10.2. The van der Waals surface area contributed by atoms with Crippen LogP contribution in [-0.4, -0.2) is 13.1 Å². The van der Waals surface area contributed by atoms with Crippen molar-refractivity contribution in [3.8, 4) is 11.8 Å². The van der Waals surface area contributed by atoms with Gasteiger partial charge in [-0.05, 0) is 18.4 Å². The first-order valence-corrected chi connectivity index (χ1v) is 4.93. The quantitative estimate of drug-likeness (QED) is 0.325. The standard InChI is InChI=1S/C13H14O2/c1-15-13(14)11-7-3-6-10-12-8-4-2-5-9-12/h2,4-5,8-9H,3,6,10H2,1H3. The van der Waals surface area contributed by atoms with E-state index in [-0.39, 0.29) is 0 Å². The second kappa shape index (κ2) is 6.67. The van der Waals surface area contributed by atoms with Crippen molar-refractivity contribution in [2.75, 3.05) is 7.11 Å². The Kier molecular flexibility index (Phi) is 5.03. The van der Waals surface area contributed by atoms with Crippen LogP contribution >= 0.6 is 0 Å². The predicted molar refractivity (Wildman–Crippen MR) is 59.2 cm³/mol. The molecule has 0 aromatic heterocycles. The highest BCUT2D eigenvalue weighted by Crippen LogP contribution is 2.03. The molecule has 0 radical (unpaired) electrons. The Labute approximate surface area is 90.3 Å². The number of carbonyl (C=O) groups is 1. The number of hydrogen-bond acceptors (Lipinski definition) is 2. The minimum absolute atomic E-state index is 0.463.